The maximum absolute atomic E-state index is 14.1. The highest BCUT2D eigenvalue weighted by atomic mass is 19.1. The monoisotopic (exact) mass is 434 g/mol. The van der Waals surface area contributed by atoms with Crippen molar-refractivity contribution >= 4 is 28.3 Å². The molecule has 1 fully saturated rings. The van der Waals surface area contributed by atoms with E-state index in [1.54, 1.807) is 21.5 Å². The van der Waals surface area contributed by atoms with Crippen LogP contribution in [0.5, 0.6) is 0 Å². The summed E-state index contributed by atoms with van der Waals surface area (Å²) in [5, 5.41) is 15.8. The molecular formula is C23H23FN6O2. The lowest BCUT2D eigenvalue weighted by Crippen LogP contribution is -2.40. The number of nitrogens with one attached hydrogen (secondary N) is 1. The Bertz CT molecular complexity index is 1280. The summed E-state index contributed by atoms with van der Waals surface area (Å²) < 4.78 is 21.6. The maximum atomic E-state index is 14.1. The predicted molar refractivity (Wildman–Crippen MR) is 118 cm³/mol. The molecule has 1 N–H and O–H groups in total. The minimum Gasteiger partial charge on any atom is -0.376 e. The first-order chi connectivity index (χ1) is 15.6. The van der Waals surface area contributed by atoms with Gasteiger partial charge in [0, 0.05) is 24.1 Å². The lowest BCUT2D eigenvalue weighted by atomic mass is 10.1. The molecule has 1 atom stereocenters. The van der Waals surface area contributed by atoms with Crippen LogP contribution in [-0.4, -0.2) is 50.2 Å². The minimum atomic E-state index is -0.483. The van der Waals surface area contributed by atoms with Crippen LogP contribution in [0.25, 0.3) is 16.6 Å². The number of fused-ring (bicyclic) bond motifs is 3. The highest BCUT2D eigenvalue weighted by molar-refractivity contribution is 5.90. The van der Waals surface area contributed by atoms with Crippen molar-refractivity contribution in [1.82, 2.24) is 24.9 Å². The highest BCUT2D eigenvalue weighted by Crippen LogP contribution is 2.23. The first-order valence-electron chi connectivity index (χ1n) is 10.6. The van der Waals surface area contributed by atoms with E-state index in [2.05, 4.69) is 20.8 Å². The summed E-state index contributed by atoms with van der Waals surface area (Å²) >= 11 is 0. The molecule has 1 saturated heterocycles. The number of carbonyl (C=O) groups excluding carboxylic acids is 1. The number of amides is 2. The van der Waals surface area contributed by atoms with E-state index in [4.69, 9.17) is 4.74 Å². The summed E-state index contributed by atoms with van der Waals surface area (Å²) in [6, 6.07) is 13.8. The molecule has 1 aliphatic rings. The van der Waals surface area contributed by atoms with E-state index >= 15 is 0 Å². The number of anilines is 1. The molecule has 9 heteroatoms. The molecule has 0 spiro atoms. The number of hydrogen-bond donors (Lipinski definition) is 1. The lowest BCUT2D eigenvalue weighted by molar-refractivity contribution is 0.0820. The van der Waals surface area contributed by atoms with Gasteiger partial charge in [0.25, 0.3) is 0 Å². The van der Waals surface area contributed by atoms with E-state index in [1.807, 2.05) is 31.2 Å². The molecule has 0 saturated carbocycles. The molecule has 1 aliphatic heterocycles. The number of pyridine rings is 1. The second kappa shape index (κ2) is 8.51. The molecule has 0 unspecified atom stereocenters. The fourth-order valence-electron chi connectivity index (χ4n) is 4.09. The molecule has 0 radical (unpaired) electrons. The van der Waals surface area contributed by atoms with Crippen LogP contribution in [0.2, 0.25) is 0 Å². The van der Waals surface area contributed by atoms with Crippen molar-refractivity contribution in [2.45, 2.75) is 32.4 Å². The number of hydrogen-bond acceptors (Lipinski definition) is 5. The van der Waals surface area contributed by atoms with Gasteiger partial charge in [0.1, 0.15) is 5.82 Å². The van der Waals surface area contributed by atoms with Gasteiger partial charge in [-0.05, 0) is 60.0 Å². The Morgan fingerprint density at radius 2 is 2.16 bits per heavy atom. The molecule has 2 aromatic heterocycles. The molecule has 2 aromatic carbocycles. The molecule has 164 valence electrons. The Kier molecular flexibility index (Phi) is 5.40. The molecule has 3 heterocycles. The van der Waals surface area contributed by atoms with E-state index < -0.39 is 11.8 Å². The van der Waals surface area contributed by atoms with Crippen molar-refractivity contribution in [2.75, 3.05) is 18.5 Å². The largest absolute Gasteiger partial charge is 0.376 e. The van der Waals surface area contributed by atoms with Crippen molar-refractivity contribution in [3.8, 4) is 0 Å². The Morgan fingerprint density at radius 3 is 2.97 bits per heavy atom. The van der Waals surface area contributed by atoms with Crippen molar-refractivity contribution < 1.29 is 13.9 Å². The summed E-state index contributed by atoms with van der Waals surface area (Å²) in [6.45, 7) is 3.34. The van der Waals surface area contributed by atoms with Crippen molar-refractivity contribution in [3.63, 3.8) is 0 Å². The number of aryl methyl sites for hydroxylation is 1. The van der Waals surface area contributed by atoms with Gasteiger partial charge in [0.15, 0.2) is 5.65 Å². The molecule has 5 rings (SSSR count). The number of rotatable bonds is 5. The number of tetrazole rings is 1. The number of urea groups is 1. The van der Waals surface area contributed by atoms with Crippen LogP contribution in [0.3, 0.4) is 0 Å². The van der Waals surface area contributed by atoms with E-state index in [-0.39, 0.29) is 18.3 Å². The quantitative estimate of drug-likeness (QED) is 0.514. The summed E-state index contributed by atoms with van der Waals surface area (Å²) in [6.07, 6.45) is 1.78. The fraction of sp³-hybridized carbons (Fsp3) is 0.304. The molecule has 32 heavy (non-hydrogen) atoms. The first-order valence-corrected chi connectivity index (χ1v) is 10.6. The minimum absolute atomic E-state index is 0.0588. The fourth-order valence-corrected chi connectivity index (χ4v) is 4.09. The second-order valence-electron chi connectivity index (χ2n) is 8.07. The zero-order valence-electron chi connectivity index (χ0n) is 17.7. The number of ether oxygens (including phenoxy) is 1. The van der Waals surface area contributed by atoms with E-state index in [0.717, 1.165) is 34.9 Å². The van der Waals surface area contributed by atoms with Gasteiger partial charge in [0.05, 0.1) is 23.9 Å². The lowest BCUT2D eigenvalue weighted by Gasteiger charge is -2.26. The third-order valence-electron chi connectivity index (χ3n) is 5.71. The molecule has 8 nitrogen and oxygen atoms in total. The summed E-state index contributed by atoms with van der Waals surface area (Å²) in [7, 11) is 0. The normalized spacial score (nSPS) is 16.0. The van der Waals surface area contributed by atoms with Crippen LogP contribution in [0.1, 0.15) is 24.0 Å². The van der Waals surface area contributed by atoms with Crippen LogP contribution in [0.4, 0.5) is 14.9 Å². The summed E-state index contributed by atoms with van der Waals surface area (Å²) in [5.74, 6) is -0.483. The number of nitrogens with zero attached hydrogens (tertiary/aromatic N) is 5. The van der Waals surface area contributed by atoms with E-state index in [1.165, 1.54) is 12.1 Å². The first kappa shape index (κ1) is 20.3. The molecule has 2 amide bonds. The van der Waals surface area contributed by atoms with Crippen molar-refractivity contribution in [1.29, 1.82) is 0 Å². The van der Waals surface area contributed by atoms with E-state index in [0.29, 0.717) is 18.8 Å². The van der Waals surface area contributed by atoms with Crippen LogP contribution < -0.4 is 5.32 Å². The average Bonchev–Trinajstić information content (AvgIpc) is 3.47. The molecule has 0 aliphatic carbocycles. The van der Waals surface area contributed by atoms with Crippen LogP contribution >= 0.6 is 0 Å². The summed E-state index contributed by atoms with van der Waals surface area (Å²) in [4.78, 5) is 14.8. The second-order valence-corrected chi connectivity index (χ2v) is 8.07. The number of carbonyl (C=O) groups is 1. The van der Waals surface area contributed by atoms with Gasteiger partial charge in [-0.2, -0.15) is 4.52 Å². The third-order valence-corrected chi connectivity index (χ3v) is 5.71. The standard InChI is InChI=1S/C23H23FN6O2/c1-15-8-9-16-12-17(22-26-27-28-30(22)21(16)11-15)13-29(14-18-5-4-10-32-18)23(31)25-20-7-3-2-6-19(20)24/h2-3,6-9,11-12,18H,4-5,10,13-14H2,1H3,(H,25,31)/t18-/m0/s1. The SMILES string of the molecule is Cc1ccc2cc(CN(C[C@@H]3CCCO3)C(=O)Nc3ccccc3F)c3nnnn3c2c1. The zero-order valence-corrected chi connectivity index (χ0v) is 17.7. The summed E-state index contributed by atoms with van der Waals surface area (Å²) in [5.41, 5.74) is 3.52. The Labute approximate surface area is 184 Å². The Morgan fingerprint density at radius 1 is 1.28 bits per heavy atom. The van der Waals surface area contributed by atoms with Gasteiger partial charge >= 0.3 is 6.03 Å². The van der Waals surface area contributed by atoms with Crippen LogP contribution in [0, 0.1) is 12.7 Å². The van der Waals surface area contributed by atoms with Crippen LogP contribution in [0.15, 0.2) is 48.5 Å². The Hall–Kier alpha value is -3.59. The molecule has 0 bridgehead atoms. The number of halogens is 1. The van der Waals surface area contributed by atoms with Crippen molar-refractivity contribution in [2.24, 2.45) is 0 Å². The van der Waals surface area contributed by atoms with Gasteiger partial charge in [-0.25, -0.2) is 9.18 Å². The van der Waals surface area contributed by atoms with E-state index in [9.17, 15) is 9.18 Å². The smallest absolute Gasteiger partial charge is 0.322 e. The number of benzene rings is 2. The average molecular weight is 434 g/mol. The maximum Gasteiger partial charge on any atom is 0.322 e. The van der Waals surface area contributed by atoms with Gasteiger partial charge < -0.3 is 15.0 Å². The highest BCUT2D eigenvalue weighted by Gasteiger charge is 2.25. The molecular weight excluding hydrogens is 411 g/mol. The van der Waals surface area contributed by atoms with Gasteiger partial charge in [0.2, 0.25) is 0 Å². The van der Waals surface area contributed by atoms with Gasteiger partial charge in [-0.1, -0.05) is 24.3 Å². The van der Waals surface area contributed by atoms with Gasteiger partial charge in [-0.15, -0.1) is 5.10 Å². The third kappa shape index (κ3) is 3.99. The topological polar surface area (TPSA) is 84.6 Å². The molecule has 4 aromatic rings. The number of aromatic nitrogens is 4. The predicted octanol–water partition coefficient (Wildman–Crippen LogP) is 3.94. The zero-order chi connectivity index (χ0) is 22.1. The number of para-hydroxylation sites is 1. The van der Waals surface area contributed by atoms with Crippen molar-refractivity contribution in [3.05, 3.63) is 65.5 Å². The van der Waals surface area contributed by atoms with Crippen LogP contribution in [-0.2, 0) is 11.3 Å². The van der Waals surface area contributed by atoms with Gasteiger partial charge in [-0.3, -0.25) is 0 Å². The Balaban J connectivity index is 1.49.